The molecule has 0 fully saturated rings. The molecule has 20 heavy (non-hydrogen) atoms. The summed E-state index contributed by atoms with van der Waals surface area (Å²) in [4.78, 5) is 0. The van der Waals surface area contributed by atoms with Crippen molar-refractivity contribution >= 4 is 41.6 Å². The minimum atomic E-state index is 0.424. The summed E-state index contributed by atoms with van der Waals surface area (Å²) < 4.78 is 7.08. The molecule has 0 saturated carbocycles. The fraction of sp³-hybridized carbons (Fsp3) is 0.250. The van der Waals surface area contributed by atoms with Crippen LogP contribution in [0.1, 0.15) is 18.3 Å². The summed E-state index contributed by atoms with van der Waals surface area (Å²) >= 11 is 17.2. The Hall–Kier alpha value is -1.37. The average molecular weight is 331 g/mol. The topological polar surface area (TPSA) is 55.2 Å². The number of ether oxygens (including phenoxy) is 1. The van der Waals surface area contributed by atoms with Crippen molar-refractivity contribution in [1.29, 1.82) is 0 Å². The number of aryl methyl sites for hydroxylation is 1. The Labute approximate surface area is 131 Å². The Morgan fingerprint density at radius 3 is 2.65 bits per heavy atom. The van der Waals surface area contributed by atoms with Gasteiger partial charge in [-0.15, -0.1) is 0 Å². The van der Waals surface area contributed by atoms with Gasteiger partial charge in [0.2, 0.25) is 4.77 Å². The fourth-order valence-corrected chi connectivity index (χ4v) is 2.50. The van der Waals surface area contributed by atoms with E-state index in [9.17, 15) is 0 Å². The van der Waals surface area contributed by atoms with E-state index in [4.69, 9.17) is 40.2 Å². The number of halogens is 2. The van der Waals surface area contributed by atoms with Gasteiger partial charge in [-0.05, 0) is 29.9 Å². The van der Waals surface area contributed by atoms with Crippen molar-refractivity contribution in [2.75, 3.05) is 7.11 Å². The molecular weight excluding hydrogens is 319 g/mol. The van der Waals surface area contributed by atoms with Crippen LogP contribution in [0.15, 0.2) is 17.2 Å². The van der Waals surface area contributed by atoms with Crippen LogP contribution in [0.25, 0.3) is 0 Å². The van der Waals surface area contributed by atoms with Crippen LogP contribution in [-0.2, 0) is 6.42 Å². The lowest BCUT2D eigenvalue weighted by atomic mass is 10.2. The average Bonchev–Trinajstić information content (AvgIpc) is 2.76. The molecule has 0 aliphatic carbocycles. The normalized spacial score (nSPS) is 11.2. The van der Waals surface area contributed by atoms with Crippen LogP contribution >= 0.6 is 35.4 Å². The molecule has 5 nitrogen and oxygen atoms in total. The van der Waals surface area contributed by atoms with Crippen LogP contribution in [0.2, 0.25) is 10.0 Å². The lowest BCUT2D eigenvalue weighted by Gasteiger charge is -2.06. The lowest BCUT2D eigenvalue weighted by Crippen LogP contribution is -1.97. The number of hydrogen-bond acceptors (Lipinski definition) is 4. The molecule has 0 spiro atoms. The Morgan fingerprint density at radius 2 is 2.10 bits per heavy atom. The van der Waals surface area contributed by atoms with Crippen molar-refractivity contribution in [3.05, 3.63) is 38.3 Å². The van der Waals surface area contributed by atoms with E-state index >= 15 is 0 Å². The maximum absolute atomic E-state index is 6.07. The second-order valence-electron chi connectivity index (χ2n) is 3.87. The smallest absolute Gasteiger partial charge is 0.216 e. The van der Waals surface area contributed by atoms with Gasteiger partial charge in [-0.1, -0.05) is 30.1 Å². The van der Waals surface area contributed by atoms with Crippen molar-refractivity contribution in [2.24, 2.45) is 5.10 Å². The molecule has 1 heterocycles. The van der Waals surface area contributed by atoms with E-state index in [0.717, 1.165) is 11.4 Å². The first-order chi connectivity index (χ1) is 9.56. The molecule has 0 radical (unpaired) electrons. The van der Waals surface area contributed by atoms with E-state index < -0.39 is 0 Å². The molecular formula is C12H12Cl2N4OS. The van der Waals surface area contributed by atoms with E-state index in [-0.39, 0.29) is 0 Å². The van der Waals surface area contributed by atoms with Gasteiger partial charge in [-0.3, -0.25) is 5.10 Å². The first kappa shape index (κ1) is 15.0. The zero-order chi connectivity index (χ0) is 14.7. The molecule has 1 aromatic carbocycles. The standard InChI is InChI=1S/C12H12Cl2N4OS/c1-3-10-16-17-12(20)18(10)15-6-7-4-8(13)11(19-2)9(14)5-7/h4-6H,3H2,1-2H3,(H,17,20)/b15-6-. The number of hydrogen-bond donors (Lipinski definition) is 1. The van der Waals surface area contributed by atoms with Gasteiger partial charge in [-0.2, -0.15) is 14.9 Å². The van der Waals surface area contributed by atoms with Crippen LogP contribution in [0.5, 0.6) is 5.75 Å². The van der Waals surface area contributed by atoms with Crippen molar-refractivity contribution in [3.63, 3.8) is 0 Å². The SMILES string of the molecule is CCc1n[nH]c(=S)n1/N=C\c1cc(Cl)c(OC)c(Cl)c1. The second kappa shape index (κ2) is 6.39. The zero-order valence-electron chi connectivity index (χ0n) is 10.9. The maximum atomic E-state index is 6.07. The van der Waals surface area contributed by atoms with Crippen LogP contribution in [0.3, 0.4) is 0 Å². The molecule has 2 aromatic rings. The highest BCUT2D eigenvalue weighted by Crippen LogP contribution is 2.33. The van der Waals surface area contributed by atoms with Crippen LogP contribution in [0.4, 0.5) is 0 Å². The first-order valence-corrected chi connectivity index (χ1v) is 6.97. The summed E-state index contributed by atoms with van der Waals surface area (Å²) in [6.07, 6.45) is 2.33. The molecule has 0 atom stereocenters. The summed E-state index contributed by atoms with van der Waals surface area (Å²) in [5, 5.41) is 11.9. The zero-order valence-corrected chi connectivity index (χ0v) is 13.2. The van der Waals surface area contributed by atoms with Gasteiger partial charge in [0.05, 0.1) is 23.4 Å². The Morgan fingerprint density at radius 1 is 1.45 bits per heavy atom. The Kier molecular flexibility index (Phi) is 4.80. The van der Waals surface area contributed by atoms with Gasteiger partial charge >= 0.3 is 0 Å². The van der Waals surface area contributed by atoms with Gasteiger partial charge in [0.25, 0.3) is 0 Å². The van der Waals surface area contributed by atoms with E-state index in [1.54, 1.807) is 23.0 Å². The molecule has 8 heteroatoms. The molecule has 1 aromatic heterocycles. The molecule has 0 aliphatic rings. The van der Waals surface area contributed by atoms with E-state index in [1.165, 1.54) is 7.11 Å². The highest BCUT2D eigenvalue weighted by atomic mass is 35.5. The van der Waals surface area contributed by atoms with Crippen molar-refractivity contribution < 1.29 is 4.74 Å². The van der Waals surface area contributed by atoms with E-state index in [1.807, 2.05) is 6.92 Å². The van der Waals surface area contributed by atoms with Gasteiger partial charge in [0, 0.05) is 6.42 Å². The summed E-state index contributed by atoms with van der Waals surface area (Å²) in [7, 11) is 1.51. The molecule has 1 N–H and O–H groups in total. The van der Waals surface area contributed by atoms with E-state index in [0.29, 0.717) is 27.0 Å². The summed E-state index contributed by atoms with van der Waals surface area (Å²) in [5.41, 5.74) is 0.742. The minimum absolute atomic E-state index is 0.424. The Bertz CT molecular complexity index is 685. The second-order valence-corrected chi connectivity index (χ2v) is 5.07. The minimum Gasteiger partial charge on any atom is -0.494 e. The molecule has 0 aliphatic heterocycles. The highest BCUT2D eigenvalue weighted by Gasteiger charge is 2.08. The van der Waals surface area contributed by atoms with Crippen molar-refractivity contribution in [1.82, 2.24) is 14.9 Å². The van der Waals surface area contributed by atoms with Gasteiger partial charge in [0.15, 0.2) is 11.6 Å². The summed E-state index contributed by atoms with van der Waals surface area (Å²) in [5.74, 6) is 1.19. The molecule has 0 bridgehead atoms. The van der Waals surface area contributed by atoms with Crippen molar-refractivity contribution in [2.45, 2.75) is 13.3 Å². The molecule has 106 valence electrons. The number of nitrogens with one attached hydrogen (secondary N) is 1. The number of aromatic nitrogens is 3. The number of benzene rings is 1. The highest BCUT2D eigenvalue weighted by molar-refractivity contribution is 7.71. The predicted molar refractivity (Wildman–Crippen MR) is 82.8 cm³/mol. The van der Waals surface area contributed by atoms with E-state index in [2.05, 4.69) is 15.3 Å². The lowest BCUT2D eigenvalue weighted by molar-refractivity contribution is 0.415. The quantitative estimate of drug-likeness (QED) is 0.686. The summed E-state index contributed by atoms with van der Waals surface area (Å²) in [6, 6.07) is 3.43. The largest absolute Gasteiger partial charge is 0.494 e. The number of aromatic amines is 1. The molecule has 0 saturated heterocycles. The third-order valence-corrected chi connectivity index (χ3v) is 3.41. The monoisotopic (exact) mass is 330 g/mol. The maximum Gasteiger partial charge on any atom is 0.216 e. The predicted octanol–water partition coefficient (Wildman–Crippen LogP) is 3.70. The first-order valence-electron chi connectivity index (χ1n) is 5.80. The number of methoxy groups -OCH3 is 1. The third kappa shape index (κ3) is 3.03. The van der Waals surface area contributed by atoms with Gasteiger partial charge < -0.3 is 4.74 Å². The summed E-state index contributed by atoms with van der Waals surface area (Å²) in [6.45, 7) is 1.97. The molecule has 0 amide bonds. The van der Waals surface area contributed by atoms with Gasteiger partial charge in [-0.25, -0.2) is 0 Å². The van der Waals surface area contributed by atoms with Gasteiger partial charge in [0.1, 0.15) is 0 Å². The number of nitrogens with zero attached hydrogens (tertiary/aromatic N) is 3. The van der Waals surface area contributed by atoms with Crippen LogP contribution in [-0.4, -0.2) is 28.2 Å². The third-order valence-electron chi connectivity index (χ3n) is 2.58. The fourth-order valence-electron chi connectivity index (χ4n) is 1.65. The molecule has 0 unspecified atom stereocenters. The van der Waals surface area contributed by atoms with Crippen LogP contribution in [0, 0.1) is 4.77 Å². The number of rotatable bonds is 4. The van der Waals surface area contributed by atoms with Crippen LogP contribution < -0.4 is 4.74 Å². The Balaban J connectivity index is 2.37. The van der Waals surface area contributed by atoms with Crippen molar-refractivity contribution in [3.8, 4) is 5.75 Å². The number of H-pyrrole nitrogens is 1. The molecule has 2 rings (SSSR count).